The van der Waals surface area contributed by atoms with Gasteiger partial charge in [0.2, 0.25) is 0 Å². The van der Waals surface area contributed by atoms with E-state index in [-0.39, 0.29) is 18.0 Å². The average molecular weight is 269 g/mol. The summed E-state index contributed by atoms with van der Waals surface area (Å²) in [5, 5.41) is 6.23. The van der Waals surface area contributed by atoms with Crippen molar-refractivity contribution in [1.82, 2.24) is 10.6 Å². The number of halogens is 2. The first kappa shape index (κ1) is 15.4. The zero-order chi connectivity index (χ0) is 14.3. The molecule has 0 aromatic heterocycles. The molecule has 1 rings (SSSR count). The highest BCUT2D eigenvalue weighted by Crippen LogP contribution is 2.12. The van der Waals surface area contributed by atoms with Crippen LogP contribution in [0.5, 0.6) is 0 Å². The summed E-state index contributed by atoms with van der Waals surface area (Å²) in [5.41, 5.74) is 0.0895. The summed E-state index contributed by atoms with van der Waals surface area (Å²) in [6, 6.07) is 4.14. The van der Waals surface area contributed by atoms with Crippen molar-refractivity contribution in [2.75, 3.05) is 13.1 Å². The Bertz CT molecular complexity index is 410. The molecule has 0 bridgehead atoms. The summed E-state index contributed by atoms with van der Waals surface area (Å²) in [4.78, 5) is 4.29. The fourth-order valence-corrected chi connectivity index (χ4v) is 1.64. The Hall–Kier alpha value is -1.65. The molecule has 0 atom stereocenters. The Kier molecular flexibility index (Phi) is 6.25. The molecule has 106 valence electrons. The Morgan fingerprint density at radius 1 is 1.26 bits per heavy atom. The largest absolute Gasteiger partial charge is 0.357 e. The first-order chi connectivity index (χ1) is 9.04. The molecule has 0 aliphatic heterocycles. The van der Waals surface area contributed by atoms with Crippen molar-refractivity contribution >= 4 is 5.96 Å². The van der Waals surface area contributed by atoms with Gasteiger partial charge in [-0.2, -0.15) is 0 Å². The van der Waals surface area contributed by atoms with Gasteiger partial charge >= 0.3 is 0 Å². The number of rotatable bonds is 5. The van der Waals surface area contributed by atoms with Crippen LogP contribution in [-0.2, 0) is 6.42 Å². The summed E-state index contributed by atoms with van der Waals surface area (Å²) in [6.45, 7) is 7.05. The lowest BCUT2D eigenvalue weighted by Gasteiger charge is -2.14. The molecule has 1 aromatic rings. The van der Waals surface area contributed by atoms with Crippen molar-refractivity contribution in [3.63, 3.8) is 0 Å². The van der Waals surface area contributed by atoms with Gasteiger partial charge in [0.05, 0.1) is 0 Å². The second kappa shape index (κ2) is 7.71. The highest BCUT2D eigenvalue weighted by atomic mass is 19.1. The van der Waals surface area contributed by atoms with Gasteiger partial charge < -0.3 is 10.6 Å². The van der Waals surface area contributed by atoms with Gasteiger partial charge in [-0.25, -0.2) is 8.78 Å². The van der Waals surface area contributed by atoms with E-state index in [1.807, 2.05) is 20.8 Å². The Morgan fingerprint density at radius 3 is 2.42 bits per heavy atom. The zero-order valence-electron chi connectivity index (χ0n) is 11.6. The van der Waals surface area contributed by atoms with Crippen molar-refractivity contribution < 1.29 is 8.78 Å². The summed E-state index contributed by atoms with van der Waals surface area (Å²) in [7, 11) is 0. The lowest BCUT2D eigenvalue weighted by Crippen LogP contribution is -2.41. The molecule has 0 radical (unpaired) electrons. The van der Waals surface area contributed by atoms with Crippen LogP contribution in [0.25, 0.3) is 0 Å². The number of guanidine groups is 1. The topological polar surface area (TPSA) is 36.4 Å². The molecular formula is C14H21F2N3. The minimum atomic E-state index is -0.517. The van der Waals surface area contributed by atoms with Gasteiger partial charge in [-0.1, -0.05) is 6.07 Å². The van der Waals surface area contributed by atoms with Gasteiger partial charge in [0, 0.05) is 24.7 Å². The molecule has 0 unspecified atom stereocenters. The van der Waals surface area contributed by atoms with Crippen LogP contribution in [0.1, 0.15) is 26.3 Å². The van der Waals surface area contributed by atoms with Crippen LogP contribution in [0.15, 0.2) is 23.2 Å². The molecule has 0 fully saturated rings. The first-order valence-electron chi connectivity index (χ1n) is 6.52. The molecule has 0 amide bonds. The van der Waals surface area contributed by atoms with E-state index in [4.69, 9.17) is 0 Å². The minimum absolute atomic E-state index is 0.0895. The van der Waals surface area contributed by atoms with Gasteiger partial charge in [0.25, 0.3) is 0 Å². The summed E-state index contributed by atoms with van der Waals surface area (Å²) < 4.78 is 26.8. The van der Waals surface area contributed by atoms with Gasteiger partial charge in [-0.15, -0.1) is 0 Å². The van der Waals surface area contributed by atoms with Crippen LogP contribution in [0, 0.1) is 11.6 Å². The van der Waals surface area contributed by atoms with Crippen LogP contribution in [0.3, 0.4) is 0 Å². The predicted octanol–water partition coefficient (Wildman–Crippen LogP) is 2.47. The standard InChI is InChI=1S/C14H21F2N3/c1-4-17-14(19-10(2)3)18-9-8-11-12(15)6-5-7-13(11)16/h5-7,10H,4,8-9H2,1-3H3,(H2,17,18,19). The highest BCUT2D eigenvalue weighted by molar-refractivity contribution is 5.79. The lowest BCUT2D eigenvalue weighted by molar-refractivity contribution is 0.555. The van der Waals surface area contributed by atoms with Crippen molar-refractivity contribution in [2.45, 2.75) is 33.2 Å². The normalized spacial score (nSPS) is 11.8. The summed E-state index contributed by atoms with van der Waals surface area (Å²) in [6.07, 6.45) is 0.243. The maximum atomic E-state index is 13.4. The Balaban J connectivity index is 2.64. The van der Waals surface area contributed by atoms with Crippen LogP contribution in [0.2, 0.25) is 0 Å². The average Bonchev–Trinajstić information content (AvgIpc) is 2.32. The second-order valence-electron chi connectivity index (χ2n) is 4.51. The van der Waals surface area contributed by atoms with Gasteiger partial charge in [0.1, 0.15) is 11.6 Å². The monoisotopic (exact) mass is 269 g/mol. The van der Waals surface area contributed by atoms with Crippen LogP contribution < -0.4 is 10.6 Å². The molecule has 19 heavy (non-hydrogen) atoms. The van der Waals surface area contributed by atoms with E-state index in [0.717, 1.165) is 6.54 Å². The van der Waals surface area contributed by atoms with E-state index in [2.05, 4.69) is 15.6 Å². The van der Waals surface area contributed by atoms with Crippen molar-refractivity contribution in [3.8, 4) is 0 Å². The number of aliphatic imine (C=N–C) groups is 1. The van der Waals surface area contributed by atoms with Gasteiger partial charge in [-0.05, 0) is 39.3 Å². The van der Waals surface area contributed by atoms with E-state index >= 15 is 0 Å². The van der Waals surface area contributed by atoms with E-state index in [1.165, 1.54) is 18.2 Å². The quantitative estimate of drug-likeness (QED) is 0.636. The van der Waals surface area contributed by atoms with Gasteiger partial charge in [0.15, 0.2) is 5.96 Å². The summed E-state index contributed by atoms with van der Waals surface area (Å²) in [5.74, 6) is -0.372. The molecule has 0 saturated carbocycles. The zero-order valence-corrected chi connectivity index (χ0v) is 11.6. The smallest absolute Gasteiger partial charge is 0.191 e. The number of nitrogens with zero attached hydrogens (tertiary/aromatic N) is 1. The molecule has 0 aliphatic rings. The minimum Gasteiger partial charge on any atom is -0.357 e. The van der Waals surface area contributed by atoms with E-state index in [1.54, 1.807) is 0 Å². The molecular weight excluding hydrogens is 248 g/mol. The maximum absolute atomic E-state index is 13.4. The van der Waals surface area contributed by atoms with Crippen LogP contribution >= 0.6 is 0 Å². The molecule has 0 heterocycles. The van der Waals surface area contributed by atoms with Crippen LogP contribution in [-0.4, -0.2) is 25.1 Å². The third-order valence-corrected chi connectivity index (χ3v) is 2.46. The van der Waals surface area contributed by atoms with Crippen molar-refractivity contribution in [1.29, 1.82) is 0 Å². The Morgan fingerprint density at radius 2 is 1.89 bits per heavy atom. The van der Waals surface area contributed by atoms with E-state index in [9.17, 15) is 8.78 Å². The first-order valence-corrected chi connectivity index (χ1v) is 6.52. The fourth-order valence-electron chi connectivity index (χ4n) is 1.64. The number of nitrogens with one attached hydrogen (secondary N) is 2. The number of benzene rings is 1. The van der Waals surface area contributed by atoms with Crippen molar-refractivity contribution in [3.05, 3.63) is 35.4 Å². The predicted molar refractivity (Wildman–Crippen MR) is 74.3 cm³/mol. The van der Waals surface area contributed by atoms with Crippen LogP contribution in [0.4, 0.5) is 8.78 Å². The molecule has 1 aromatic carbocycles. The third-order valence-electron chi connectivity index (χ3n) is 2.46. The molecule has 3 nitrogen and oxygen atoms in total. The highest BCUT2D eigenvalue weighted by Gasteiger charge is 2.07. The SMILES string of the molecule is CCNC(=NCCc1c(F)cccc1F)NC(C)C. The number of hydrogen-bond donors (Lipinski definition) is 2. The maximum Gasteiger partial charge on any atom is 0.191 e. The van der Waals surface area contributed by atoms with Crippen molar-refractivity contribution in [2.24, 2.45) is 4.99 Å². The number of hydrogen-bond acceptors (Lipinski definition) is 1. The van der Waals surface area contributed by atoms with Gasteiger partial charge in [-0.3, -0.25) is 4.99 Å². The Labute approximate surface area is 113 Å². The lowest BCUT2D eigenvalue weighted by atomic mass is 10.1. The molecule has 0 saturated heterocycles. The molecule has 0 spiro atoms. The third kappa shape index (κ3) is 5.24. The molecule has 0 aliphatic carbocycles. The fraction of sp³-hybridized carbons (Fsp3) is 0.500. The molecule has 2 N–H and O–H groups in total. The van der Waals surface area contributed by atoms with E-state index < -0.39 is 11.6 Å². The second-order valence-corrected chi connectivity index (χ2v) is 4.51. The molecule has 5 heteroatoms. The summed E-state index contributed by atoms with van der Waals surface area (Å²) >= 11 is 0. The van der Waals surface area contributed by atoms with E-state index in [0.29, 0.717) is 12.5 Å².